The smallest absolute Gasteiger partial charge is 0.0158 e. The Morgan fingerprint density at radius 2 is 1.17 bits per heavy atom. The van der Waals surface area contributed by atoms with Crippen LogP contribution in [0.4, 0.5) is 0 Å². The normalized spacial score (nSPS) is 14.1. The Labute approximate surface area is 205 Å². The minimum atomic E-state index is -0.0370. The van der Waals surface area contributed by atoms with E-state index in [2.05, 4.69) is 135 Å². The Balaban J connectivity index is 1.47. The monoisotopic (exact) mass is 446 g/mol. The van der Waals surface area contributed by atoms with Crippen LogP contribution in [0.3, 0.4) is 0 Å². The van der Waals surface area contributed by atoms with Gasteiger partial charge in [-0.1, -0.05) is 111 Å². The minimum absolute atomic E-state index is 0.0370. The van der Waals surface area contributed by atoms with Crippen LogP contribution in [0.2, 0.25) is 0 Å². The quantitative estimate of drug-likeness (QED) is 0.271. The van der Waals surface area contributed by atoms with Gasteiger partial charge in [0.2, 0.25) is 0 Å². The molecule has 2 aliphatic carbocycles. The molecule has 0 saturated carbocycles. The molecule has 166 valence electrons. The van der Waals surface area contributed by atoms with Gasteiger partial charge in [-0.3, -0.25) is 0 Å². The molecule has 0 N–H and O–H groups in total. The van der Waals surface area contributed by atoms with Gasteiger partial charge >= 0.3 is 0 Å². The molecule has 0 nitrogen and oxygen atoms in total. The zero-order valence-electron chi connectivity index (χ0n) is 20.0. The molecule has 0 heterocycles. The molecule has 0 radical (unpaired) electrons. The van der Waals surface area contributed by atoms with E-state index >= 15 is 0 Å². The first kappa shape index (κ1) is 20.2. The minimum Gasteiger partial charge on any atom is -0.0622 e. The van der Waals surface area contributed by atoms with Crippen LogP contribution in [0.5, 0.6) is 0 Å². The summed E-state index contributed by atoms with van der Waals surface area (Å²) in [6.45, 7) is 4.72. The van der Waals surface area contributed by atoms with Crippen LogP contribution in [0.15, 0.2) is 109 Å². The lowest BCUT2D eigenvalue weighted by Gasteiger charge is -2.32. The SMILES string of the molecule is CC1(C)c2ccccc2C=c2cc3c(cc21)=c1c(-c2ccc(-c4ccccc4)cc2)cccc1=C3. The van der Waals surface area contributed by atoms with Crippen molar-refractivity contribution in [3.8, 4) is 22.3 Å². The van der Waals surface area contributed by atoms with Gasteiger partial charge in [-0.2, -0.15) is 0 Å². The van der Waals surface area contributed by atoms with Crippen LogP contribution in [0.1, 0.15) is 36.1 Å². The van der Waals surface area contributed by atoms with Crippen molar-refractivity contribution in [1.82, 2.24) is 0 Å². The Kier molecular flexibility index (Phi) is 4.29. The lowest BCUT2D eigenvalue weighted by atomic mass is 9.72. The number of hydrogen-bond donors (Lipinski definition) is 0. The van der Waals surface area contributed by atoms with Gasteiger partial charge in [0.15, 0.2) is 0 Å². The average molecular weight is 447 g/mol. The Morgan fingerprint density at radius 1 is 0.486 bits per heavy atom. The molecule has 0 fully saturated rings. The van der Waals surface area contributed by atoms with Gasteiger partial charge in [0.1, 0.15) is 0 Å². The summed E-state index contributed by atoms with van der Waals surface area (Å²) in [4.78, 5) is 0. The summed E-state index contributed by atoms with van der Waals surface area (Å²) in [5.41, 5.74) is 10.5. The molecule has 0 atom stereocenters. The molecule has 7 rings (SSSR count). The maximum absolute atomic E-state index is 2.46. The van der Waals surface area contributed by atoms with Crippen LogP contribution < -0.4 is 10.4 Å². The molecule has 5 aromatic rings. The number of hydrogen-bond acceptors (Lipinski definition) is 0. The number of rotatable bonds is 2. The molecule has 35 heavy (non-hydrogen) atoms. The van der Waals surface area contributed by atoms with E-state index in [-0.39, 0.29) is 5.41 Å². The van der Waals surface area contributed by atoms with Crippen LogP contribution in [0, 0.1) is 10.4 Å². The molecule has 0 saturated heterocycles. The summed E-state index contributed by atoms with van der Waals surface area (Å²) in [5.74, 6) is 0. The van der Waals surface area contributed by atoms with E-state index in [1.54, 1.807) is 0 Å². The highest BCUT2D eigenvalue weighted by molar-refractivity contribution is 5.74. The van der Waals surface area contributed by atoms with Crippen molar-refractivity contribution in [2.75, 3.05) is 0 Å². The molecule has 0 aromatic heterocycles. The summed E-state index contributed by atoms with van der Waals surface area (Å²) in [6, 6.07) is 40.0. The van der Waals surface area contributed by atoms with E-state index in [0.29, 0.717) is 0 Å². The Hall–Kier alpha value is -4.16. The maximum Gasteiger partial charge on any atom is 0.0158 e. The molecular weight excluding hydrogens is 420 g/mol. The molecule has 0 heteroatoms. The molecule has 5 aromatic carbocycles. The van der Waals surface area contributed by atoms with Crippen molar-refractivity contribution in [2.24, 2.45) is 0 Å². The predicted octanol–water partition coefficient (Wildman–Crippen LogP) is 6.92. The summed E-state index contributed by atoms with van der Waals surface area (Å²) in [5, 5.41) is 5.35. The third-order valence-electron chi connectivity index (χ3n) is 7.82. The van der Waals surface area contributed by atoms with Crippen LogP contribution in [-0.2, 0) is 5.41 Å². The predicted molar refractivity (Wildman–Crippen MR) is 146 cm³/mol. The molecular formula is C35H26. The molecule has 0 bridgehead atoms. The summed E-state index contributed by atoms with van der Waals surface area (Å²) < 4.78 is 0. The van der Waals surface area contributed by atoms with E-state index in [1.807, 2.05) is 0 Å². The highest BCUT2D eigenvalue weighted by Gasteiger charge is 2.29. The van der Waals surface area contributed by atoms with Crippen LogP contribution in [0.25, 0.3) is 34.4 Å². The van der Waals surface area contributed by atoms with E-state index in [9.17, 15) is 0 Å². The van der Waals surface area contributed by atoms with Gasteiger partial charge in [-0.25, -0.2) is 0 Å². The van der Waals surface area contributed by atoms with E-state index in [4.69, 9.17) is 0 Å². The van der Waals surface area contributed by atoms with Gasteiger partial charge in [0, 0.05) is 5.41 Å². The van der Waals surface area contributed by atoms with Crippen LogP contribution >= 0.6 is 0 Å². The average Bonchev–Trinajstić information content (AvgIpc) is 3.26. The lowest BCUT2D eigenvalue weighted by Crippen LogP contribution is -2.31. The molecule has 0 aliphatic heterocycles. The standard InChI is InChI=1S/C35H26/c1-35(2)32-14-7-6-11-26(32)19-29-21-28-20-27-12-8-13-30(34(27)31(28)22-33(29)35)25-17-15-24(16-18-25)23-9-4-3-5-10-23/h3-22H,1-2H3. The zero-order valence-corrected chi connectivity index (χ0v) is 20.0. The Morgan fingerprint density at radius 3 is 2.00 bits per heavy atom. The lowest BCUT2D eigenvalue weighted by molar-refractivity contribution is 0.629. The summed E-state index contributed by atoms with van der Waals surface area (Å²) >= 11 is 0. The van der Waals surface area contributed by atoms with Crippen molar-refractivity contribution >= 4 is 12.2 Å². The number of fused-ring (bicyclic) bond motifs is 4. The van der Waals surface area contributed by atoms with Crippen LogP contribution in [-0.4, -0.2) is 0 Å². The molecule has 2 aliphatic rings. The molecule has 0 unspecified atom stereocenters. The van der Waals surface area contributed by atoms with E-state index in [1.165, 1.54) is 65.4 Å². The zero-order chi connectivity index (χ0) is 23.6. The van der Waals surface area contributed by atoms with Crippen molar-refractivity contribution in [2.45, 2.75) is 19.3 Å². The van der Waals surface area contributed by atoms with Gasteiger partial charge < -0.3 is 0 Å². The van der Waals surface area contributed by atoms with Gasteiger partial charge in [-0.05, 0) is 89.7 Å². The molecule has 0 amide bonds. The fourth-order valence-electron chi connectivity index (χ4n) is 6.01. The highest BCUT2D eigenvalue weighted by Crippen LogP contribution is 2.36. The number of benzene rings is 5. The van der Waals surface area contributed by atoms with Crippen molar-refractivity contribution in [1.29, 1.82) is 0 Å². The first-order valence-electron chi connectivity index (χ1n) is 12.4. The highest BCUT2D eigenvalue weighted by atomic mass is 14.3. The second-order valence-corrected chi connectivity index (χ2v) is 10.2. The van der Waals surface area contributed by atoms with Crippen molar-refractivity contribution in [3.63, 3.8) is 0 Å². The maximum atomic E-state index is 2.46. The van der Waals surface area contributed by atoms with Gasteiger partial charge in [-0.15, -0.1) is 0 Å². The first-order chi connectivity index (χ1) is 17.1. The third kappa shape index (κ3) is 3.07. The fraction of sp³-hybridized carbons (Fsp3) is 0.0857. The van der Waals surface area contributed by atoms with E-state index < -0.39 is 0 Å². The van der Waals surface area contributed by atoms with Gasteiger partial charge in [0.25, 0.3) is 0 Å². The summed E-state index contributed by atoms with van der Waals surface area (Å²) in [7, 11) is 0. The third-order valence-corrected chi connectivity index (χ3v) is 7.82. The topological polar surface area (TPSA) is 0 Å². The largest absolute Gasteiger partial charge is 0.0622 e. The van der Waals surface area contributed by atoms with Crippen molar-refractivity contribution < 1.29 is 0 Å². The second-order valence-electron chi connectivity index (χ2n) is 10.2. The Bertz CT molecular complexity index is 1840. The summed E-state index contributed by atoms with van der Waals surface area (Å²) in [6.07, 6.45) is 4.71. The van der Waals surface area contributed by atoms with E-state index in [0.717, 1.165) is 0 Å². The first-order valence-corrected chi connectivity index (χ1v) is 12.4. The fourth-order valence-corrected chi connectivity index (χ4v) is 6.01. The van der Waals surface area contributed by atoms with Gasteiger partial charge in [0.05, 0.1) is 0 Å². The van der Waals surface area contributed by atoms with Crippen molar-refractivity contribution in [3.05, 3.63) is 152 Å². The molecule has 0 spiro atoms. The second kappa shape index (κ2) is 7.42.